The van der Waals surface area contributed by atoms with E-state index in [4.69, 9.17) is 9.84 Å². The average Bonchev–Trinajstić information content (AvgIpc) is 2.37. The second kappa shape index (κ2) is 6.48. The third-order valence-electron chi connectivity index (χ3n) is 2.70. The summed E-state index contributed by atoms with van der Waals surface area (Å²) in [6.45, 7) is 1.67. The zero-order valence-electron chi connectivity index (χ0n) is 10.8. The quantitative estimate of drug-likeness (QED) is 0.610. The van der Waals surface area contributed by atoms with Gasteiger partial charge in [-0.15, -0.1) is 0 Å². The minimum Gasteiger partial charge on any atom is -0.394 e. The fourth-order valence-electron chi connectivity index (χ4n) is 1.71. The molecule has 1 rings (SSSR count). The summed E-state index contributed by atoms with van der Waals surface area (Å²) in [6, 6.07) is 0. The molecule has 0 spiro atoms. The Hall–Kier alpha value is -1.44. The van der Waals surface area contributed by atoms with Gasteiger partial charge in [0, 0.05) is 25.4 Å². The summed E-state index contributed by atoms with van der Waals surface area (Å²) in [4.78, 5) is 15.7. The maximum Gasteiger partial charge on any atom is 0.349 e. The number of methoxy groups -OCH3 is 1. The summed E-state index contributed by atoms with van der Waals surface area (Å²) in [7, 11) is 3.23. The van der Waals surface area contributed by atoms with Gasteiger partial charge in [-0.25, -0.2) is 4.79 Å². The second-order valence-corrected chi connectivity index (χ2v) is 3.94. The number of ether oxygens (including phenoxy) is 1. The van der Waals surface area contributed by atoms with Crippen molar-refractivity contribution in [2.75, 3.05) is 26.1 Å². The van der Waals surface area contributed by atoms with Gasteiger partial charge in [-0.05, 0) is 6.92 Å². The summed E-state index contributed by atoms with van der Waals surface area (Å²) < 4.78 is 6.40. The third kappa shape index (κ3) is 3.06. The average molecular weight is 257 g/mol. The Morgan fingerprint density at radius 2 is 2.22 bits per heavy atom. The van der Waals surface area contributed by atoms with Crippen LogP contribution in [-0.4, -0.2) is 46.6 Å². The number of hydrogen-bond donors (Lipinski definition) is 3. The molecule has 0 fully saturated rings. The highest BCUT2D eigenvalue weighted by Crippen LogP contribution is 2.15. The molecule has 0 aliphatic heterocycles. The molecule has 1 unspecified atom stereocenters. The molecule has 0 saturated heterocycles. The van der Waals surface area contributed by atoms with E-state index in [0.717, 1.165) is 5.56 Å². The molecule has 18 heavy (non-hydrogen) atoms. The van der Waals surface area contributed by atoms with Crippen LogP contribution in [0, 0.1) is 6.92 Å². The Bertz CT molecular complexity index is 458. The van der Waals surface area contributed by atoms with Crippen molar-refractivity contribution < 1.29 is 14.9 Å². The topological polar surface area (TPSA) is 96.6 Å². The van der Waals surface area contributed by atoms with E-state index in [9.17, 15) is 9.90 Å². The molecule has 0 aliphatic carbocycles. The molecule has 0 saturated carbocycles. The van der Waals surface area contributed by atoms with Gasteiger partial charge in [0.2, 0.25) is 0 Å². The fourth-order valence-corrected chi connectivity index (χ4v) is 1.71. The first kappa shape index (κ1) is 14.6. The second-order valence-electron chi connectivity index (χ2n) is 3.94. The van der Waals surface area contributed by atoms with Gasteiger partial charge >= 0.3 is 5.69 Å². The molecule has 0 aromatic carbocycles. The van der Waals surface area contributed by atoms with Gasteiger partial charge in [0.15, 0.2) is 0 Å². The van der Waals surface area contributed by atoms with Crippen molar-refractivity contribution in [1.82, 2.24) is 9.55 Å². The van der Waals surface area contributed by atoms with Crippen LogP contribution in [0.15, 0.2) is 4.79 Å². The molecule has 1 aromatic heterocycles. The van der Waals surface area contributed by atoms with Crippen LogP contribution in [0.5, 0.6) is 0 Å². The number of rotatable bonds is 6. The maximum absolute atomic E-state index is 11.8. The lowest BCUT2D eigenvalue weighted by atomic mass is 10.2. The number of nitrogens with zero attached hydrogens (tertiary/aromatic N) is 2. The summed E-state index contributed by atoms with van der Waals surface area (Å²) in [5.74, 6) is 0.467. The van der Waals surface area contributed by atoms with E-state index in [1.807, 2.05) is 0 Å². The number of hydrogen-bond acceptors (Lipinski definition) is 6. The largest absolute Gasteiger partial charge is 0.394 e. The first-order valence-corrected chi connectivity index (χ1v) is 5.61. The van der Waals surface area contributed by atoms with Crippen LogP contribution < -0.4 is 11.0 Å². The minimum absolute atomic E-state index is 0.00880. The standard InChI is InChI=1S/C11H19N3O4/c1-7-9(6-18-3)10(12-2)13-11(17)14(7)4-8(16)5-15/h8,15-16H,4-6H2,1-3H3,(H,12,13,17). The van der Waals surface area contributed by atoms with Gasteiger partial charge in [0.05, 0.1) is 25.9 Å². The molecule has 7 nitrogen and oxygen atoms in total. The molecule has 1 heterocycles. The van der Waals surface area contributed by atoms with Crippen LogP contribution in [-0.2, 0) is 17.9 Å². The summed E-state index contributed by atoms with van der Waals surface area (Å²) >= 11 is 0. The third-order valence-corrected chi connectivity index (χ3v) is 2.70. The van der Waals surface area contributed by atoms with Crippen molar-refractivity contribution in [3.8, 4) is 0 Å². The van der Waals surface area contributed by atoms with Crippen molar-refractivity contribution in [3.63, 3.8) is 0 Å². The molecule has 0 radical (unpaired) electrons. The summed E-state index contributed by atoms with van der Waals surface area (Å²) in [6.07, 6.45) is -0.987. The van der Waals surface area contributed by atoms with Crippen LogP contribution >= 0.6 is 0 Å². The lowest BCUT2D eigenvalue weighted by molar-refractivity contribution is 0.0792. The van der Waals surface area contributed by atoms with Gasteiger partial charge in [0.25, 0.3) is 0 Å². The molecular weight excluding hydrogens is 238 g/mol. The van der Waals surface area contributed by atoms with Gasteiger partial charge in [-0.1, -0.05) is 0 Å². The Kier molecular flexibility index (Phi) is 5.26. The molecule has 0 amide bonds. The van der Waals surface area contributed by atoms with Crippen molar-refractivity contribution in [2.24, 2.45) is 0 Å². The van der Waals surface area contributed by atoms with Crippen LogP contribution in [0.1, 0.15) is 11.3 Å². The number of anilines is 1. The van der Waals surface area contributed by atoms with E-state index < -0.39 is 18.4 Å². The Labute approximate surface area is 105 Å². The van der Waals surface area contributed by atoms with Crippen LogP contribution in [0.4, 0.5) is 5.82 Å². The number of aliphatic hydroxyl groups is 2. The molecule has 1 atom stereocenters. The van der Waals surface area contributed by atoms with Crippen LogP contribution in [0.25, 0.3) is 0 Å². The van der Waals surface area contributed by atoms with E-state index >= 15 is 0 Å². The number of nitrogens with one attached hydrogen (secondary N) is 1. The normalized spacial score (nSPS) is 12.5. The zero-order chi connectivity index (χ0) is 13.7. The molecule has 0 bridgehead atoms. The van der Waals surface area contributed by atoms with Crippen LogP contribution in [0.2, 0.25) is 0 Å². The Morgan fingerprint density at radius 3 is 2.72 bits per heavy atom. The first-order chi connectivity index (χ1) is 8.54. The summed E-state index contributed by atoms with van der Waals surface area (Å²) in [5, 5.41) is 21.1. The SMILES string of the molecule is CNc1nc(=O)n(CC(O)CO)c(C)c1COC. The van der Waals surface area contributed by atoms with Crippen molar-refractivity contribution in [2.45, 2.75) is 26.2 Å². The van der Waals surface area contributed by atoms with E-state index in [2.05, 4.69) is 10.3 Å². The van der Waals surface area contributed by atoms with Crippen molar-refractivity contribution in [3.05, 3.63) is 21.7 Å². The number of aromatic nitrogens is 2. The molecular formula is C11H19N3O4. The van der Waals surface area contributed by atoms with Gasteiger partial charge in [0.1, 0.15) is 5.82 Å². The first-order valence-electron chi connectivity index (χ1n) is 5.61. The molecule has 0 aliphatic rings. The number of aliphatic hydroxyl groups excluding tert-OH is 2. The van der Waals surface area contributed by atoms with Crippen molar-refractivity contribution >= 4 is 5.82 Å². The highest BCUT2D eigenvalue weighted by molar-refractivity contribution is 5.45. The van der Waals surface area contributed by atoms with Gasteiger partial charge in [-0.3, -0.25) is 4.57 Å². The summed E-state index contributed by atoms with van der Waals surface area (Å²) in [5.41, 5.74) is 0.947. The van der Waals surface area contributed by atoms with E-state index in [1.165, 1.54) is 4.57 Å². The highest BCUT2D eigenvalue weighted by Gasteiger charge is 2.15. The van der Waals surface area contributed by atoms with Gasteiger partial charge in [-0.2, -0.15) is 4.98 Å². The molecule has 1 aromatic rings. The van der Waals surface area contributed by atoms with E-state index in [1.54, 1.807) is 21.1 Å². The van der Waals surface area contributed by atoms with Crippen molar-refractivity contribution in [1.29, 1.82) is 0 Å². The van der Waals surface area contributed by atoms with E-state index in [0.29, 0.717) is 18.1 Å². The smallest absolute Gasteiger partial charge is 0.349 e. The Balaban J connectivity index is 3.26. The fraction of sp³-hybridized carbons (Fsp3) is 0.636. The predicted octanol–water partition coefficient (Wildman–Crippen LogP) is -0.907. The lowest BCUT2D eigenvalue weighted by Gasteiger charge is -2.17. The minimum atomic E-state index is -0.987. The highest BCUT2D eigenvalue weighted by atomic mass is 16.5. The predicted molar refractivity (Wildman–Crippen MR) is 66.6 cm³/mol. The monoisotopic (exact) mass is 257 g/mol. The van der Waals surface area contributed by atoms with Gasteiger partial charge < -0.3 is 20.3 Å². The molecule has 3 N–H and O–H groups in total. The van der Waals surface area contributed by atoms with E-state index in [-0.39, 0.29) is 6.54 Å². The Morgan fingerprint density at radius 1 is 1.56 bits per heavy atom. The molecule has 102 valence electrons. The maximum atomic E-state index is 11.8. The van der Waals surface area contributed by atoms with Crippen LogP contribution in [0.3, 0.4) is 0 Å². The zero-order valence-corrected chi connectivity index (χ0v) is 10.8. The molecule has 7 heteroatoms. The lowest BCUT2D eigenvalue weighted by Crippen LogP contribution is -2.33.